The lowest BCUT2D eigenvalue weighted by Gasteiger charge is -2.14. The average molecular weight is 269 g/mol. The summed E-state index contributed by atoms with van der Waals surface area (Å²) in [6.07, 6.45) is 0. The van der Waals surface area contributed by atoms with Crippen molar-refractivity contribution < 1.29 is 4.39 Å². The highest BCUT2D eigenvalue weighted by molar-refractivity contribution is 7.14. The zero-order valence-corrected chi connectivity index (χ0v) is 10.4. The van der Waals surface area contributed by atoms with Crippen molar-refractivity contribution in [1.29, 1.82) is 0 Å². The molecule has 0 fully saturated rings. The van der Waals surface area contributed by atoms with Gasteiger partial charge in [-0.1, -0.05) is 11.6 Å². The fraction of sp³-hybridized carbons (Fsp3) is 0.167. The maximum atomic E-state index is 13.3. The molecule has 0 aliphatic carbocycles. The van der Waals surface area contributed by atoms with Crippen LogP contribution in [0, 0.1) is 5.82 Å². The van der Waals surface area contributed by atoms with E-state index in [9.17, 15) is 4.39 Å². The fourth-order valence-corrected chi connectivity index (χ4v) is 3.28. The van der Waals surface area contributed by atoms with Crippen LogP contribution in [0.3, 0.4) is 0 Å². The number of hydrogen-bond donors (Lipinski definition) is 2. The summed E-state index contributed by atoms with van der Waals surface area (Å²) >= 11 is 7.63. The fourth-order valence-electron chi connectivity index (χ4n) is 2.20. The van der Waals surface area contributed by atoms with Crippen molar-refractivity contribution in [2.24, 2.45) is 0 Å². The van der Waals surface area contributed by atoms with E-state index >= 15 is 0 Å². The molecule has 88 valence electrons. The van der Waals surface area contributed by atoms with E-state index in [0.29, 0.717) is 5.02 Å². The van der Waals surface area contributed by atoms with Crippen molar-refractivity contribution >= 4 is 27.9 Å². The third-order valence-electron chi connectivity index (χ3n) is 2.99. The molecule has 3 rings (SSSR count). The number of fused-ring (bicyclic) bond motifs is 1. The van der Waals surface area contributed by atoms with Gasteiger partial charge in [-0.3, -0.25) is 0 Å². The van der Waals surface area contributed by atoms with E-state index in [1.165, 1.54) is 29.0 Å². The number of nitrogens with two attached hydrogens (primary N) is 1. The predicted octanol–water partition coefficient (Wildman–Crippen LogP) is 3.32. The van der Waals surface area contributed by atoms with Crippen LogP contribution in [0.25, 0.3) is 0 Å². The molecule has 5 heteroatoms. The van der Waals surface area contributed by atoms with Crippen LogP contribution >= 0.6 is 22.9 Å². The first-order valence-corrected chi connectivity index (χ1v) is 6.46. The van der Waals surface area contributed by atoms with Gasteiger partial charge in [0.1, 0.15) is 5.82 Å². The zero-order valence-electron chi connectivity index (χ0n) is 8.84. The van der Waals surface area contributed by atoms with E-state index in [1.54, 1.807) is 6.07 Å². The monoisotopic (exact) mass is 268 g/mol. The molecule has 2 nitrogen and oxygen atoms in total. The molecule has 0 amide bonds. The summed E-state index contributed by atoms with van der Waals surface area (Å²) in [6.45, 7) is 0.751. The van der Waals surface area contributed by atoms with Crippen LogP contribution in [0.2, 0.25) is 5.02 Å². The number of thiophene rings is 1. The predicted molar refractivity (Wildman–Crippen MR) is 68.8 cm³/mol. The van der Waals surface area contributed by atoms with E-state index in [4.69, 9.17) is 17.3 Å². The SMILES string of the molecule is Nc1scc2c1C(c1cc(F)ccc1Cl)NC2. The number of nitrogens with one attached hydrogen (secondary N) is 1. The Balaban J connectivity index is 2.12. The van der Waals surface area contributed by atoms with Crippen LogP contribution in [-0.2, 0) is 6.54 Å². The van der Waals surface area contributed by atoms with E-state index in [2.05, 4.69) is 5.32 Å². The molecule has 0 bridgehead atoms. The summed E-state index contributed by atoms with van der Waals surface area (Å²) < 4.78 is 13.3. The zero-order chi connectivity index (χ0) is 12.0. The Bertz CT molecular complexity index is 582. The van der Waals surface area contributed by atoms with Gasteiger partial charge in [0.25, 0.3) is 0 Å². The third kappa shape index (κ3) is 1.73. The normalized spacial score (nSPS) is 18.4. The maximum Gasteiger partial charge on any atom is 0.123 e. The number of nitrogen functional groups attached to an aromatic ring is 1. The number of halogens is 2. The summed E-state index contributed by atoms with van der Waals surface area (Å²) in [5.41, 5.74) is 8.92. The Morgan fingerprint density at radius 2 is 2.29 bits per heavy atom. The minimum Gasteiger partial charge on any atom is -0.390 e. The van der Waals surface area contributed by atoms with Crippen molar-refractivity contribution in [2.75, 3.05) is 5.73 Å². The molecular formula is C12H10ClFN2S. The first-order chi connectivity index (χ1) is 8.16. The summed E-state index contributed by atoms with van der Waals surface area (Å²) in [5.74, 6) is -0.284. The highest BCUT2D eigenvalue weighted by Gasteiger charge is 2.28. The summed E-state index contributed by atoms with van der Waals surface area (Å²) in [4.78, 5) is 0. The number of benzene rings is 1. The quantitative estimate of drug-likeness (QED) is 0.833. The van der Waals surface area contributed by atoms with Gasteiger partial charge in [-0.15, -0.1) is 11.3 Å². The summed E-state index contributed by atoms with van der Waals surface area (Å²) in [5, 5.41) is 6.67. The molecule has 2 aromatic rings. The molecule has 17 heavy (non-hydrogen) atoms. The molecular weight excluding hydrogens is 259 g/mol. The highest BCUT2D eigenvalue weighted by atomic mass is 35.5. The lowest BCUT2D eigenvalue weighted by atomic mass is 10.0. The van der Waals surface area contributed by atoms with Crippen LogP contribution in [0.15, 0.2) is 23.6 Å². The van der Waals surface area contributed by atoms with Crippen molar-refractivity contribution in [3.8, 4) is 0 Å². The molecule has 3 N–H and O–H groups in total. The molecule has 2 heterocycles. The Morgan fingerprint density at radius 3 is 3.12 bits per heavy atom. The van der Waals surface area contributed by atoms with Gasteiger partial charge in [-0.05, 0) is 34.7 Å². The smallest absolute Gasteiger partial charge is 0.123 e. The van der Waals surface area contributed by atoms with Gasteiger partial charge in [0, 0.05) is 17.1 Å². The largest absolute Gasteiger partial charge is 0.390 e. The first kappa shape index (κ1) is 11.0. The Kier molecular flexibility index (Phi) is 2.58. The first-order valence-electron chi connectivity index (χ1n) is 5.21. The van der Waals surface area contributed by atoms with Crippen molar-refractivity contribution in [3.63, 3.8) is 0 Å². The van der Waals surface area contributed by atoms with Crippen molar-refractivity contribution in [1.82, 2.24) is 5.32 Å². The third-order valence-corrected chi connectivity index (χ3v) is 4.21. The molecule has 1 atom stereocenters. The summed E-state index contributed by atoms with van der Waals surface area (Å²) in [7, 11) is 0. The lowest BCUT2D eigenvalue weighted by Crippen LogP contribution is -2.15. The van der Waals surface area contributed by atoms with E-state index in [1.807, 2.05) is 5.38 Å². The van der Waals surface area contributed by atoms with Crippen LogP contribution < -0.4 is 11.1 Å². The van der Waals surface area contributed by atoms with Gasteiger partial charge in [0.15, 0.2) is 0 Å². The molecule has 0 radical (unpaired) electrons. The van der Waals surface area contributed by atoms with Crippen LogP contribution in [0.5, 0.6) is 0 Å². The van der Waals surface area contributed by atoms with Gasteiger partial charge in [-0.2, -0.15) is 0 Å². The van der Waals surface area contributed by atoms with E-state index < -0.39 is 0 Å². The van der Waals surface area contributed by atoms with Crippen LogP contribution in [-0.4, -0.2) is 0 Å². The Morgan fingerprint density at radius 1 is 1.47 bits per heavy atom. The second-order valence-electron chi connectivity index (χ2n) is 4.02. The van der Waals surface area contributed by atoms with Gasteiger partial charge >= 0.3 is 0 Å². The Labute approximate surface area is 107 Å². The molecule has 0 saturated heterocycles. The minimum atomic E-state index is -0.284. The van der Waals surface area contributed by atoms with Crippen LogP contribution in [0.4, 0.5) is 9.39 Å². The second-order valence-corrected chi connectivity index (χ2v) is 5.34. The highest BCUT2D eigenvalue weighted by Crippen LogP contribution is 2.40. The topological polar surface area (TPSA) is 38.0 Å². The average Bonchev–Trinajstić information content (AvgIpc) is 2.86. The molecule has 1 aliphatic heterocycles. The molecule has 1 unspecified atom stereocenters. The second kappa shape index (κ2) is 3.98. The number of hydrogen-bond acceptors (Lipinski definition) is 3. The lowest BCUT2D eigenvalue weighted by molar-refractivity contribution is 0.614. The van der Waals surface area contributed by atoms with Gasteiger partial charge in [0.05, 0.1) is 11.0 Å². The van der Waals surface area contributed by atoms with Crippen molar-refractivity contribution in [2.45, 2.75) is 12.6 Å². The maximum absolute atomic E-state index is 13.3. The van der Waals surface area contributed by atoms with Gasteiger partial charge in [0.2, 0.25) is 0 Å². The molecule has 0 spiro atoms. The van der Waals surface area contributed by atoms with E-state index in [-0.39, 0.29) is 11.9 Å². The summed E-state index contributed by atoms with van der Waals surface area (Å²) in [6, 6.07) is 4.30. The van der Waals surface area contributed by atoms with E-state index in [0.717, 1.165) is 22.7 Å². The molecule has 0 saturated carbocycles. The molecule has 1 aliphatic rings. The minimum absolute atomic E-state index is 0.0977. The molecule has 1 aromatic carbocycles. The van der Waals surface area contributed by atoms with Gasteiger partial charge < -0.3 is 11.1 Å². The van der Waals surface area contributed by atoms with Crippen LogP contribution in [0.1, 0.15) is 22.7 Å². The molecule has 1 aromatic heterocycles. The van der Waals surface area contributed by atoms with Crippen molar-refractivity contribution in [3.05, 3.63) is 51.1 Å². The van der Waals surface area contributed by atoms with Gasteiger partial charge in [-0.25, -0.2) is 4.39 Å². The standard InChI is InChI=1S/C12H10ClFN2S/c13-9-2-1-7(14)3-8(9)11-10-6(4-16-11)5-17-12(10)15/h1-3,5,11,16H,4,15H2. The number of rotatable bonds is 1. The number of anilines is 1. The Hall–Kier alpha value is -1.10.